The molecule has 34 heavy (non-hydrogen) atoms. The monoisotopic (exact) mass is 469 g/mol. The van der Waals surface area contributed by atoms with Gasteiger partial charge in [0.2, 0.25) is 0 Å². The second-order valence-electron chi connectivity index (χ2n) is 8.01. The lowest BCUT2D eigenvalue weighted by atomic mass is 10.1. The Bertz CT molecular complexity index is 1340. The summed E-state index contributed by atoms with van der Waals surface area (Å²) in [7, 11) is 0. The zero-order chi connectivity index (χ0) is 23.3. The van der Waals surface area contributed by atoms with Gasteiger partial charge >= 0.3 is 0 Å². The Balaban J connectivity index is 1.34. The molecule has 2 aromatic heterocycles. The van der Waals surface area contributed by atoms with E-state index in [0.29, 0.717) is 12.0 Å². The molecule has 1 fully saturated rings. The molecule has 4 aromatic rings. The highest BCUT2D eigenvalue weighted by Gasteiger charge is 2.13. The molecule has 2 aromatic carbocycles. The van der Waals surface area contributed by atoms with E-state index < -0.39 is 0 Å². The lowest BCUT2D eigenvalue weighted by molar-refractivity contribution is 0.0958. The van der Waals surface area contributed by atoms with Crippen LogP contribution in [0.1, 0.15) is 21.7 Å². The zero-order valence-electron chi connectivity index (χ0n) is 18.5. The number of ether oxygens (including phenoxy) is 1. The van der Waals surface area contributed by atoms with E-state index in [9.17, 15) is 4.79 Å². The third-order valence-electron chi connectivity index (χ3n) is 5.82. The molecule has 1 amide bonds. The van der Waals surface area contributed by atoms with Crippen molar-refractivity contribution in [3.63, 3.8) is 0 Å². The molecule has 5 rings (SSSR count). The Morgan fingerprint density at radius 2 is 1.88 bits per heavy atom. The Morgan fingerprint density at radius 3 is 2.62 bits per heavy atom. The number of thiophene rings is 1. The highest BCUT2D eigenvalue weighted by molar-refractivity contribution is 7.17. The minimum Gasteiger partial charge on any atom is -0.378 e. The molecule has 1 aliphatic heterocycles. The summed E-state index contributed by atoms with van der Waals surface area (Å²) >= 11 is 1.61. The molecule has 8 heteroatoms. The van der Waals surface area contributed by atoms with Crippen LogP contribution in [0.3, 0.4) is 0 Å². The fraction of sp³-hybridized carbons (Fsp3) is 0.231. The van der Waals surface area contributed by atoms with Crippen LogP contribution in [0.15, 0.2) is 60.1 Å². The van der Waals surface area contributed by atoms with Gasteiger partial charge in [0.1, 0.15) is 12.4 Å². The molecule has 0 bridgehead atoms. The maximum Gasteiger partial charge on any atom is 0.252 e. The second kappa shape index (κ2) is 10.00. The molecule has 1 saturated heterocycles. The highest BCUT2D eigenvalue weighted by atomic mass is 32.1. The summed E-state index contributed by atoms with van der Waals surface area (Å²) in [5.41, 5.74) is 5.84. The lowest BCUT2D eigenvalue weighted by Gasteiger charge is -2.28. The van der Waals surface area contributed by atoms with Crippen LogP contribution in [0.25, 0.3) is 21.3 Å². The molecular weight excluding hydrogens is 446 g/mol. The van der Waals surface area contributed by atoms with Crippen LogP contribution < -0.4 is 10.2 Å². The molecule has 0 unspecified atom stereocenters. The van der Waals surface area contributed by atoms with Crippen molar-refractivity contribution >= 4 is 33.1 Å². The number of carbonyl (C=O) groups excluding carboxylic acids is 1. The van der Waals surface area contributed by atoms with Gasteiger partial charge in [0, 0.05) is 47.9 Å². The predicted octanol–water partition coefficient (Wildman–Crippen LogP) is 4.04. The van der Waals surface area contributed by atoms with Crippen LogP contribution in [0, 0.1) is 11.3 Å². The molecule has 1 aliphatic rings. The van der Waals surface area contributed by atoms with Crippen molar-refractivity contribution in [1.82, 2.24) is 15.3 Å². The minimum absolute atomic E-state index is 0.00854. The van der Waals surface area contributed by atoms with Crippen LogP contribution in [0.5, 0.6) is 0 Å². The molecule has 0 aliphatic carbocycles. The van der Waals surface area contributed by atoms with E-state index in [0.717, 1.165) is 53.5 Å². The SMILES string of the molecule is N#CCNC(=O)c1ccc(-c2csc3cnc(Cc4ccc(N5CCOCC5)cc4)nc23)cc1. The topological polar surface area (TPSA) is 91.1 Å². The Hall–Kier alpha value is -3.80. The van der Waals surface area contributed by atoms with Crippen molar-refractivity contribution in [3.8, 4) is 17.2 Å². The number of fused-ring (bicyclic) bond motifs is 1. The van der Waals surface area contributed by atoms with Crippen molar-refractivity contribution in [1.29, 1.82) is 5.26 Å². The maximum atomic E-state index is 12.1. The molecule has 170 valence electrons. The van der Waals surface area contributed by atoms with Crippen LogP contribution in [-0.4, -0.2) is 48.7 Å². The van der Waals surface area contributed by atoms with Crippen molar-refractivity contribution in [3.05, 3.63) is 77.1 Å². The number of hydrogen-bond acceptors (Lipinski definition) is 7. The standard InChI is InChI=1S/C26H23N5O2S/c27-9-10-28-26(32)20-5-3-19(4-6-20)22-17-34-23-16-29-24(30-25(22)23)15-18-1-7-21(8-2-18)31-11-13-33-14-12-31/h1-8,16-17H,10-15H2,(H,28,32). The number of carbonyl (C=O) groups is 1. The number of nitriles is 1. The Kier molecular flexibility index (Phi) is 6.47. The number of amides is 1. The highest BCUT2D eigenvalue weighted by Crippen LogP contribution is 2.32. The van der Waals surface area contributed by atoms with Gasteiger partial charge in [-0.3, -0.25) is 4.79 Å². The summed E-state index contributed by atoms with van der Waals surface area (Å²) in [6.45, 7) is 3.38. The van der Waals surface area contributed by atoms with Gasteiger partial charge in [-0.05, 0) is 35.4 Å². The quantitative estimate of drug-likeness (QED) is 0.429. The number of nitrogens with zero attached hydrogens (tertiary/aromatic N) is 4. The molecule has 0 spiro atoms. The Labute approximate surface area is 201 Å². The number of rotatable bonds is 6. The smallest absolute Gasteiger partial charge is 0.252 e. The Morgan fingerprint density at radius 1 is 1.12 bits per heavy atom. The molecule has 7 nitrogen and oxygen atoms in total. The van der Waals surface area contributed by atoms with Crippen LogP contribution in [-0.2, 0) is 11.2 Å². The second-order valence-corrected chi connectivity index (χ2v) is 8.92. The first-order chi connectivity index (χ1) is 16.7. The fourth-order valence-corrected chi connectivity index (χ4v) is 4.88. The molecular formula is C26H23N5O2S. The largest absolute Gasteiger partial charge is 0.378 e. The summed E-state index contributed by atoms with van der Waals surface area (Å²) in [4.78, 5) is 23.8. The van der Waals surface area contributed by atoms with E-state index in [1.807, 2.05) is 24.4 Å². The fourth-order valence-electron chi connectivity index (χ4n) is 4.01. The zero-order valence-corrected chi connectivity index (χ0v) is 19.3. The van der Waals surface area contributed by atoms with E-state index in [4.69, 9.17) is 15.0 Å². The van der Waals surface area contributed by atoms with Gasteiger partial charge in [0.25, 0.3) is 5.91 Å². The number of benzene rings is 2. The minimum atomic E-state index is -0.257. The number of anilines is 1. The summed E-state index contributed by atoms with van der Waals surface area (Å²) in [6, 6.07) is 17.9. The first kappa shape index (κ1) is 22.0. The van der Waals surface area contributed by atoms with E-state index in [1.54, 1.807) is 23.5 Å². The summed E-state index contributed by atoms with van der Waals surface area (Å²) in [5, 5.41) is 13.3. The first-order valence-electron chi connectivity index (χ1n) is 11.1. The summed E-state index contributed by atoms with van der Waals surface area (Å²) < 4.78 is 6.46. The van der Waals surface area contributed by atoms with Gasteiger partial charge in [-0.1, -0.05) is 24.3 Å². The third kappa shape index (κ3) is 4.76. The van der Waals surface area contributed by atoms with E-state index in [-0.39, 0.29) is 12.5 Å². The van der Waals surface area contributed by atoms with E-state index in [1.165, 1.54) is 11.3 Å². The van der Waals surface area contributed by atoms with Gasteiger partial charge in [-0.25, -0.2) is 9.97 Å². The van der Waals surface area contributed by atoms with E-state index in [2.05, 4.69) is 44.8 Å². The lowest BCUT2D eigenvalue weighted by Crippen LogP contribution is -2.36. The van der Waals surface area contributed by atoms with Crippen molar-refractivity contribution in [2.24, 2.45) is 0 Å². The average molecular weight is 470 g/mol. The van der Waals surface area contributed by atoms with Crippen molar-refractivity contribution in [2.75, 3.05) is 37.7 Å². The molecule has 3 heterocycles. The van der Waals surface area contributed by atoms with Gasteiger partial charge in [-0.15, -0.1) is 11.3 Å². The molecule has 0 atom stereocenters. The van der Waals surface area contributed by atoms with Crippen molar-refractivity contribution < 1.29 is 9.53 Å². The third-order valence-corrected chi connectivity index (χ3v) is 6.73. The summed E-state index contributed by atoms with van der Waals surface area (Å²) in [6.07, 6.45) is 2.55. The van der Waals surface area contributed by atoms with Gasteiger partial charge in [0.05, 0.1) is 29.5 Å². The van der Waals surface area contributed by atoms with Crippen LogP contribution >= 0.6 is 11.3 Å². The average Bonchev–Trinajstić information content (AvgIpc) is 3.31. The van der Waals surface area contributed by atoms with Gasteiger partial charge < -0.3 is 15.0 Å². The number of aromatic nitrogens is 2. The molecule has 0 saturated carbocycles. The summed E-state index contributed by atoms with van der Waals surface area (Å²) in [5.74, 6) is 0.520. The normalized spacial score (nSPS) is 13.6. The van der Waals surface area contributed by atoms with Crippen LogP contribution in [0.2, 0.25) is 0 Å². The van der Waals surface area contributed by atoms with Gasteiger partial charge in [0.15, 0.2) is 0 Å². The number of hydrogen-bond donors (Lipinski definition) is 1. The first-order valence-corrected chi connectivity index (χ1v) is 12.0. The predicted molar refractivity (Wildman–Crippen MR) is 133 cm³/mol. The number of morpholine rings is 1. The molecule has 0 radical (unpaired) electrons. The number of nitrogens with one attached hydrogen (secondary N) is 1. The molecule has 1 N–H and O–H groups in total. The van der Waals surface area contributed by atoms with Crippen molar-refractivity contribution in [2.45, 2.75) is 6.42 Å². The van der Waals surface area contributed by atoms with E-state index >= 15 is 0 Å². The van der Waals surface area contributed by atoms with Crippen LogP contribution in [0.4, 0.5) is 5.69 Å². The van der Waals surface area contributed by atoms with Gasteiger partial charge in [-0.2, -0.15) is 5.26 Å². The maximum absolute atomic E-state index is 12.1.